The van der Waals surface area contributed by atoms with Gasteiger partial charge in [0.15, 0.2) is 5.76 Å². The van der Waals surface area contributed by atoms with E-state index in [0.717, 1.165) is 5.56 Å². The van der Waals surface area contributed by atoms with Crippen LogP contribution in [0.5, 0.6) is 11.5 Å². The van der Waals surface area contributed by atoms with E-state index in [9.17, 15) is 0 Å². The van der Waals surface area contributed by atoms with Crippen LogP contribution in [0.4, 0.5) is 0 Å². The van der Waals surface area contributed by atoms with Gasteiger partial charge in [0.05, 0.1) is 20.3 Å². The van der Waals surface area contributed by atoms with E-state index in [2.05, 4.69) is 5.16 Å². The van der Waals surface area contributed by atoms with Crippen LogP contribution in [0.25, 0.3) is 11.3 Å². The Morgan fingerprint density at radius 1 is 1.11 bits per heavy atom. The maximum absolute atomic E-state index is 5.73. The summed E-state index contributed by atoms with van der Waals surface area (Å²) in [6, 6.07) is 7.17. The van der Waals surface area contributed by atoms with Gasteiger partial charge >= 0.3 is 0 Å². The van der Waals surface area contributed by atoms with Crippen molar-refractivity contribution in [2.45, 2.75) is 13.0 Å². The maximum atomic E-state index is 5.73. The van der Waals surface area contributed by atoms with Crippen LogP contribution in [0.15, 0.2) is 28.8 Å². The lowest BCUT2D eigenvalue weighted by atomic mass is 10.1. The first kappa shape index (κ1) is 12.4. The lowest BCUT2D eigenvalue weighted by molar-refractivity contribution is 0.369. The molecular weight excluding hydrogens is 232 g/mol. The summed E-state index contributed by atoms with van der Waals surface area (Å²) in [6.07, 6.45) is 0. The molecule has 0 bridgehead atoms. The molecule has 18 heavy (non-hydrogen) atoms. The van der Waals surface area contributed by atoms with Crippen molar-refractivity contribution in [3.8, 4) is 22.8 Å². The van der Waals surface area contributed by atoms with Crippen LogP contribution < -0.4 is 15.2 Å². The zero-order valence-electron chi connectivity index (χ0n) is 10.6. The number of rotatable bonds is 4. The number of benzene rings is 1. The van der Waals surface area contributed by atoms with E-state index in [1.54, 1.807) is 20.3 Å². The van der Waals surface area contributed by atoms with Crippen LogP contribution in [-0.2, 0) is 0 Å². The third-order valence-electron chi connectivity index (χ3n) is 2.62. The van der Waals surface area contributed by atoms with Crippen molar-refractivity contribution in [3.05, 3.63) is 30.0 Å². The molecule has 5 heteroatoms. The highest BCUT2D eigenvalue weighted by Gasteiger charge is 2.11. The molecular formula is C13H16N2O3. The zero-order chi connectivity index (χ0) is 13.1. The highest BCUT2D eigenvalue weighted by atomic mass is 16.5. The molecule has 0 aliphatic carbocycles. The topological polar surface area (TPSA) is 70.5 Å². The molecule has 0 spiro atoms. The molecule has 0 aliphatic rings. The fourth-order valence-electron chi connectivity index (χ4n) is 1.60. The van der Waals surface area contributed by atoms with E-state index in [1.807, 2.05) is 25.1 Å². The lowest BCUT2D eigenvalue weighted by Crippen LogP contribution is -2.02. The van der Waals surface area contributed by atoms with Gasteiger partial charge in [0, 0.05) is 17.7 Å². The number of nitrogens with zero attached hydrogens (tertiary/aromatic N) is 1. The first-order chi connectivity index (χ1) is 8.63. The first-order valence-corrected chi connectivity index (χ1v) is 5.59. The standard InChI is InChI=1S/C13H16N2O3/c1-8(14)13-7-12(15-18-13)9-4-10(16-2)6-11(5-9)17-3/h4-8H,14H2,1-3H3. The number of methoxy groups -OCH3 is 2. The lowest BCUT2D eigenvalue weighted by Gasteiger charge is -2.06. The fraction of sp³-hybridized carbons (Fsp3) is 0.308. The number of aromatic nitrogens is 1. The smallest absolute Gasteiger partial charge is 0.153 e. The molecule has 0 radical (unpaired) electrons. The second kappa shape index (κ2) is 5.10. The summed E-state index contributed by atoms with van der Waals surface area (Å²) >= 11 is 0. The average Bonchev–Trinajstić information content (AvgIpc) is 2.87. The Labute approximate surface area is 105 Å². The summed E-state index contributed by atoms with van der Waals surface area (Å²) in [7, 11) is 3.21. The number of nitrogens with two attached hydrogens (primary N) is 1. The van der Waals surface area contributed by atoms with E-state index in [1.165, 1.54) is 0 Å². The molecule has 0 aliphatic heterocycles. The van der Waals surface area contributed by atoms with Gasteiger partial charge in [0.2, 0.25) is 0 Å². The molecule has 96 valence electrons. The second-order valence-corrected chi connectivity index (χ2v) is 4.00. The summed E-state index contributed by atoms with van der Waals surface area (Å²) in [5.74, 6) is 2.05. The van der Waals surface area contributed by atoms with Gasteiger partial charge < -0.3 is 19.7 Å². The molecule has 2 rings (SSSR count). The van der Waals surface area contributed by atoms with Gasteiger partial charge in [-0.3, -0.25) is 0 Å². The van der Waals surface area contributed by atoms with Crippen LogP contribution in [0.2, 0.25) is 0 Å². The monoisotopic (exact) mass is 248 g/mol. The number of hydrogen-bond acceptors (Lipinski definition) is 5. The van der Waals surface area contributed by atoms with Gasteiger partial charge in [0.1, 0.15) is 17.2 Å². The third kappa shape index (κ3) is 2.46. The zero-order valence-corrected chi connectivity index (χ0v) is 10.6. The van der Waals surface area contributed by atoms with Gasteiger partial charge in [0.25, 0.3) is 0 Å². The quantitative estimate of drug-likeness (QED) is 0.899. The highest BCUT2D eigenvalue weighted by molar-refractivity contribution is 5.63. The average molecular weight is 248 g/mol. The Bertz CT molecular complexity index is 513. The molecule has 0 amide bonds. The van der Waals surface area contributed by atoms with E-state index in [0.29, 0.717) is 23.0 Å². The Balaban J connectivity index is 2.42. The normalized spacial score (nSPS) is 12.2. The molecule has 1 atom stereocenters. The fourth-order valence-corrected chi connectivity index (χ4v) is 1.60. The molecule has 1 heterocycles. The van der Waals surface area contributed by atoms with Crippen molar-refractivity contribution < 1.29 is 14.0 Å². The van der Waals surface area contributed by atoms with Crippen molar-refractivity contribution in [2.24, 2.45) is 5.73 Å². The molecule has 0 saturated heterocycles. The van der Waals surface area contributed by atoms with Crippen molar-refractivity contribution in [3.63, 3.8) is 0 Å². The van der Waals surface area contributed by atoms with Gasteiger partial charge in [-0.15, -0.1) is 0 Å². The van der Waals surface area contributed by atoms with Gasteiger partial charge in [-0.1, -0.05) is 5.16 Å². The van der Waals surface area contributed by atoms with E-state index < -0.39 is 0 Å². The van der Waals surface area contributed by atoms with Crippen molar-refractivity contribution in [1.82, 2.24) is 5.16 Å². The predicted molar refractivity (Wildman–Crippen MR) is 67.6 cm³/mol. The van der Waals surface area contributed by atoms with E-state index >= 15 is 0 Å². The van der Waals surface area contributed by atoms with Crippen molar-refractivity contribution >= 4 is 0 Å². The van der Waals surface area contributed by atoms with Gasteiger partial charge in [-0.25, -0.2) is 0 Å². The van der Waals surface area contributed by atoms with Crippen LogP contribution >= 0.6 is 0 Å². The Hall–Kier alpha value is -2.01. The van der Waals surface area contributed by atoms with Crippen LogP contribution in [-0.4, -0.2) is 19.4 Å². The van der Waals surface area contributed by atoms with Crippen molar-refractivity contribution in [1.29, 1.82) is 0 Å². The third-order valence-corrected chi connectivity index (χ3v) is 2.62. The Kier molecular flexibility index (Phi) is 3.53. The second-order valence-electron chi connectivity index (χ2n) is 4.00. The highest BCUT2D eigenvalue weighted by Crippen LogP contribution is 2.30. The summed E-state index contributed by atoms with van der Waals surface area (Å²) in [5.41, 5.74) is 7.30. The number of hydrogen-bond donors (Lipinski definition) is 1. The largest absolute Gasteiger partial charge is 0.497 e. The van der Waals surface area contributed by atoms with Crippen LogP contribution in [0.1, 0.15) is 18.7 Å². The summed E-state index contributed by atoms with van der Waals surface area (Å²) in [5, 5.41) is 3.99. The van der Waals surface area contributed by atoms with E-state index in [4.69, 9.17) is 19.7 Å². The minimum absolute atomic E-state index is 0.182. The molecule has 0 saturated carbocycles. The summed E-state index contributed by atoms with van der Waals surface area (Å²) in [6.45, 7) is 1.84. The summed E-state index contributed by atoms with van der Waals surface area (Å²) in [4.78, 5) is 0. The molecule has 2 N–H and O–H groups in total. The Morgan fingerprint density at radius 3 is 2.17 bits per heavy atom. The van der Waals surface area contributed by atoms with Crippen LogP contribution in [0, 0.1) is 0 Å². The maximum Gasteiger partial charge on any atom is 0.153 e. The Morgan fingerprint density at radius 2 is 1.72 bits per heavy atom. The minimum atomic E-state index is -0.182. The molecule has 5 nitrogen and oxygen atoms in total. The van der Waals surface area contributed by atoms with Gasteiger partial charge in [-0.2, -0.15) is 0 Å². The molecule has 1 aromatic heterocycles. The minimum Gasteiger partial charge on any atom is -0.497 e. The first-order valence-electron chi connectivity index (χ1n) is 5.59. The molecule has 1 aromatic carbocycles. The van der Waals surface area contributed by atoms with E-state index in [-0.39, 0.29) is 6.04 Å². The van der Waals surface area contributed by atoms with Gasteiger partial charge in [-0.05, 0) is 19.1 Å². The van der Waals surface area contributed by atoms with Crippen molar-refractivity contribution in [2.75, 3.05) is 14.2 Å². The number of ether oxygens (including phenoxy) is 2. The summed E-state index contributed by atoms with van der Waals surface area (Å²) < 4.78 is 15.6. The molecule has 2 aromatic rings. The predicted octanol–water partition coefficient (Wildman–Crippen LogP) is 2.38. The molecule has 0 fully saturated rings. The SMILES string of the molecule is COc1cc(OC)cc(-c2cc(C(C)N)on2)c1. The van der Waals surface area contributed by atoms with Crippen LogP contribution in [0.3, 0.4) is 0 Å². The molecule has 1 unspecified atom stereocenters.